The predicted molar refractivity (Wildman–Crippen MR) is 65.6 cm³/mol. The molecule has 1 amide bonds. The van der Waals surface area contributed by atoms with Crippen molar-refractivity contribution >= 4 is 11.9 Å². The first-order valence-corrected chi connectivity index (χ1v) is 6.14. The molecule has 0 aliphatic carbocycles. The lowest BCUT2D eigenvalue weighted by molar-refractivity contribution is -0.155. The minimum atomic E-state index is -0.419. The molecule has 1 heterocycles. The Hall–Kier alpha value is -1.14. The lowest BCUT2D eigenvalue weighted by Gasteiger charge is -2.27. The van der Waals surface area contributed by atoms with Crippen molar-refractivity contribution in [3.8, 4) is 0 Å². The van der Waals surface area contributed by atoms with Gasteiger partial charge in [-0.3, -0.25) is 4.79 Å². The normalized spacial score (nSPS) is 21.2. The molecule has 1 unspecified atom stereocenters. The van der Waals surface area contributed by atoms with Crippen LogP contribution in [0.2, 0.25) is 0 Å². The second-order valence-corrected chi connectivity index (χ2v) is 4.61. The summed E-state index contributed by atoms with van der Waals surface area (Å²) >= 11 is 0. The molecule has 1 rings (SSSR count). The molecule has 0 aromatic rings. The maximum atomic E-state index is 12.3. The van der Waals surface area contributed by atoms with Gasteiger partial charge in [-0.25, -0.2) is 4.79 Å². The Balaban J connectivity index is 2.62. The Morgan fingerprint density at radius 2 is 2.11 bits per heavy atom. The first kappa shape index (κ1) is 14.9. The molecule has 0 saturated carbocycles. The van der Waals surface area contributed by atoms with Gasteiger partial charge in [-0.2, -0.15) is 5.06 Å². The third-order valence-electron chi connectivity index (χ3n) is 3.27. The molecular formula is C12H22N2O4. The fourth-order valence-electron chi connectivity index (χ4n) is 2.23. The average molecular weight is 258 g/mol. The van der Waals surface area contributed by atoms with Crippen LogP contribution < -0.4 is 0 Å². The number of amides is 1. The summed E-state index contributed by atoms with van der Waals surface area (Å²) in [5.41, 5.74) is 0. The van der Waals surface area contributed by atoms with Gasteiger partial charge in [-0.15, -0.1) is 0 Å². The van der Waals surface area contributed by atoms with Gasteiger partial charge in [0.05, 0.1) is 20.1 Å². The minimum absolute atomic E-state index is 0.0215. The highest BCUT2D eigenvalue weighted by atomic mass is 16.7. The van der Waals surface area contributed by atoms with Crippen LogP contribution in [-0.2, 0) is 19.2 Å². The predicted octanol–water partition coefficient (Wildman–Crippen LogP) is 0.280. The number of hydrogen-bond donors (Lipinski definition) is 0. The van der Waals surface area contributed by atoms with Crippen molar-refractivity contribution < 1.29 is 19.2 Å². The number of carbonyl (C=O) groups is 2. The third-order valence-corrected chi connectivity index (χ3v) is 3.27. The standard InChI is InChI=1S/C12H22N2O4/c1-9(8-13(2)18-4)11(15)14-7-5-6-10(14)12(16)17-3/h9-10H,5-8H2,1-4H3/t9?,10-/m1/s1. The van der Waals surface area contributed by atoms with E-state index in [9.17, 15) is 9.59 Å². The van der Waals surface area contributed by atoms with Gasteiger partial charge >= 0.3 is 5.97 Å². The molecule has 0 aromatic carbocycles. The Morgan fingerprint density at radius 1 is 1.44 bits per heavy atom. The van der Waals surface area contributed by atoms with E-state index in [1.807, 2.05) is 6.92 Å². The van der Waals surface area contributed by atoms with Crippen molar-refractivity contribution in [2.24, 2.45) is 5.92 Å². The number of likely N-dealkylation sites (tertiary alicyclic amines) is 1. The third kappa shape index (κ3) is 3.43. The monoisotopic (exact) mass is 258 g/mol. The highest BCUT2D eigenvalue weighted by Crippen LogP contribution is 2.21. The molecule has 0 aromatic heterocycles. The van der Waals surface area contributed by atoms with Crippen LogP contribution >= 0.6 is 0 Å². The topological polar surface area (TPSA) is 59.1 Å². The van der Waals surface area contributed by atoms with Crippen molar-refractivity contribution in [3.63, 3.8) is 0 Å². The molecule has 0 spiro atoms. The van der Waals surface area contributed by atoms with Gasteiger partial charge < -0.3 is 14.5 Å². The molecule has 104 valence electrons. The summed E-state index contributed by atoms with van der Waals surface area (Å²) in [5, 5.41) is 1.60. The Bertz CT molecular complexity index is 308. The molecule has 2 atom stereocenters. The van der Waals surface area contributed by atoms with E-state index in [-0.39, 0.29) is 17.8 Å². The van der Waals surface area contributed by atoms with Gasteiger partial charge in [0.15, 0.2) is 0 Å². The lowest BCUT2D eigenvalue weighted by Crippen LogP contribution is -2.45. The SMILES string of the molecule is COC(=O)[C@H]1CCCN1C(=O)C(C)CN(C)OC. The lowest BCUT2D eigenvalue weighted by atomic mass is 10.1. The molecule has 0 bridgehead atoms. The number of ether oxygens (including phenoxy) is 1. The highest BCUT2D eigenvalue weighted by Gasteiger charge is 2.36. The van der Waals surface area contributed by atoms with Crippen molar-refractivity contribution in [2.75, 3.05) is 34.4 Å². The van der Waals surface area contributed by atoms with Gasteiger partial charge in [0.25, 0.3) is 0 Å². The number of carbonyl (C=O) groups excluding carboxylic acids is 2. The molecular weight excluding hydrogens is 236 g/mol. The fraction of sp³-hybridized carbons (Fsp3) is 0.833. The zero-order valence-electron chi connectivity index (χ0n) is 11.5. The van der Waals surface area contributed by atoms with E-state index in [0.717, 1.165) is 6.42 Å². The summed E-state index contributed by atoms with van der Waals surface area (Å²) in [6.45, 7) is 2.96. The molecule has 1 aliphatic heterocycles. The Kier molecular flexibility index (Phi) is 5.55. The van der Waals surface area contributed by atoms with Gasteiger partial charge in [0.1, 0.15) is 6.04 Å². The van der Waals surface area contributed by atoms with E-state index in [1.54, 1.807) is 24.1 Å². The molecule has 1 aliphatic rings. The van der Waals surface area contributed by atoms with E-state index in [2.05, 4.69) is 0 Å². The average Bonchev–Trinajstić information content (AvgIpc) is 2.85. The summed E-state index contributed by atoms with van der Waals surface area (Å²) in [7, 11) is 4.68. The van der Waals surface area contributed by atoms with Crippen LogP contribution in [0.1, 0.15) is 19.8 Å². The Labute approximate surface area is 108 Å². The van der Waals surface area contributed by atoms with Crippen LogP contribution in [0.3, 0.4) is 0 Å². The number of methoxy groups -OCH3 is 1. The highest BCUT2D eigenvalue weighted by molar-refractivity contribution is 5.86. The summed E-state index contributed by atoms with van der Waals surface area (Å²) in [5.74, 6) is -0.555. The molecule has 18 heavy (non-hydrogen) atoms. The van der Waals surface area contributed by atoms with E-state index in [4.69, 9.17) is 9.57 Å². The zero-order chi connectivity index (χ0) is 13.7. The molecule has 1 saturated heterocycles. The van der Waals surface area contributed by atoms with Crippen LogP contribution in [-0.4, -0.2) is 62.2 Å². The fourth-order valence-corrected chi connectivity index (χ4v) is 2.23. The van der Waals surface area contributed by atoms with Crippen LogP contribution in [0.25, 0.3) is 0 Å². The molecule has 0 N–H and O–H groups in total. The van der Waals surface area contributed by atoms with Crippen LogP contribution in [0.15, 0.2) is 0 Å². The second-order valence-electron chi connectivity index (χ2n) is 4.61. The number of rotatable bonds is 5. The van der Waals surface area contributed by atoms with Gasteiger partial charge in [0, 0.05) is 20.1 Å². The zero-order valence-corrected chi connectivity index (χ0v) is 11.5. The van der Waals surface area contributed by atoms with Gasteiger partial charge in [-0.05, 0) is 12.8 Å². The number of nitrogens with zero attached hydrogens (tertiary/aromatic N) is 2. The van der Waals surface area contributed by atoms with Crippen molar-refractivity contribution in [1.82, 2.24) is 9.96 Å². The van der Waals surface area contributed by atoms with Crippen molar-refractivity contribution in [2.45, 2.75) is 25.8 Å². The first-order valence-electron chi connectivity index (χ1n) is 6.14. The Morgan fingerprint density at radius 3 is 2.67 bits per heavy atom. The maximum Gasteiger partial charge on any atom is 0.328 e. The van der Waals surface area contributed by atoms with E-state index in [0.29, 0.717) is 19.5 Å². The minimum Gasteiger partial charge on any atom is -0.467 e. The van der Waals surface area contributed by atoms with Crippen molar-refractivity contribution in [3.05, 3.63) is 0 Å². The maximum absolute atomic E-state index is 12.3. The van der Waals surface area contributed by atoms with E-state index >= 15 is 0 Å². The van der Waals surface area contributed by atoms with Crippen LogP contribution in [0.4, 0.5) is 0 Å². The summed E-state index contributed by atoms with van der Waals surface area (Å²) < 4.78 is 4.73. The van der Waals surface area contributed by atoms with Crippen LogP contribution in [0, 0.1) is 5.92 Å². The van der Waals surface area contributed by atoms with Gasteiger partial charge in [0.2, 0.25) is 5.91 Å². The largest absolute Gasteiger partial charge is 0.467 e. The number of hydroxylamine groups is 2. The number of esters is 1. The summed E-state index contributed by atoms with van der Waals surface area (Å²) in [4.78, 5) is 30.5. The van der Waals surface area contributed by atoms with Crippen molar-refractivity contribution in [1.29, 1.82) is 0 Å². The smallest absolute Gasteiger partial charge is 0.328 e. The molecule has 0 radical (unpaired) electrons. The molecule has 6 heteroatoms. The van der Waals surface area contributed by atoms with E-state index in [1.165, 1.54) is 7.11 Å². The quantitative estimate of drug-likeness (QED) is 0.523. The first-order chi connectivity index (χ1) is 8.51. The van der Waals surface area contributed by atoms with Gasteiger partial charge in [-0.1, -0.05) is 6.92 Å². The summed E-state index contributed by atoms with van der Waals surface area (Å²) in [6.07, 6.45) is 1.53. The van der Waals surface area contributed by atoms with E-state index < -0.39 is 6.04 Å². The second kappa shape index (κ2) is 6.70. The number of hydrogen-bond acceptors (Lipinski definition) is 5. The van der Waals surface area contributed by atoms with Crippen LogP contribution in [0.5, 0.6) is 0 Å². The molecule has 1 fully saturated rings. The molecule has 6 nitrogen and oxygen atoms in total. The summed E-state index contributed by atoms with van der Waals surface area (Å²) in [6, 6.07) is -0.419.